The monoisotopic (exact) mass is 342 g/mol. The van der Waals surface area contributed by atoms with Crippen molar-refractivity contribution < 1.29 is 19.0 Å². The van der Waals surface area contributed by atoms with Gasteiger partial charge in [0.25, 0.3) is 0 Å². The van der Waals surface area contributed by atoms with Crippen molar-refractivity contribution in [2.75, 3.05) is 32.2 Å². The Kier molecular flexibility index (Phi) is 6.95. The zero-order valence-electron chi connectivity index (χ0n) is 13.4. The number of ether oxygens (including phenoxy) is 3. The summed E-state index contributed by atoms with van der Waals surface area (Å²) in [5.41, 5.74) is 0.519. The maximum atomic E-state index is 12.2. The van der Waals surface area contributed by atoms with Crippen molar-refractivity contribution in [1.29, 1.82) is 0 Å². The van der Waals surface area contributed by atoms with E-state index in [4.69, 9.17) is 25.8 Å². The second-order valence-corrected chi connectivity index (χ2v) is 5.80. The van der Waals surface area contributed by atoms with E-state index in [2.05, 4.69) is 10.6 Å². The van der Waals surface area contributed by atoms with Gasteiger partial charge in [-0.1, -0.05) is 17.7 Å². The van der Waals surface area contributed by atoms with Crippen molar-refractivity contribution in [1.82, 2.24) is 5.32 Å². The summed E-state index contributed by atoms with van der Waals surface area (Å²) in [6, 6.07) is 4.83. The lowest BCUT2D eigenvalue weighted by Crippen LogP contribution is -2.43. The lowest BCUT2D eigenvalue weighted by Gasteiger charge is -2.21. The number of rotatable bonds is 7. The van der Waals surface area contributed by atoms with Gasteiger partial charge in [-0.05, 0) is 31.9 Å². The number of amides is 2. The molecule has 2 amide bonds. The van der Waals surface area contributed by atoms with Gasteiger partial charge in [0, 0.05) is 13.7 Å². The van der Waals surface area contributed by atoms with Gasteiger partial charge in [-0.25, -0.2) is 4.79 Å². The van der Waals surface area contributed by atoms with Crippen LogP contribution in [0.1, 0.15) is 19.8 Å². The molecule has 1 heterocycles. The normalized spacial score (nSPS) is 18.5. The number of benzene rings is 1. The average molecular weight is 343 g/mol. The van der Waals surface area contributed by atoms with Gasteiger partial charge in [-0.2, -0.15) is 0 Å². The van der Waals surface area contributed by atoms with E-state index in [9.17, 15) is 4.79 Å². The van der Waals surface area contributed by atoms with Crippen molar-refractivity contribution in [2.45, 2.75) is 31.9 Å². The molecule has 0 aromatic heterocycles. The number of urea groups is 1. The molecule has 7 heteroatoms. The third-order valence-electron chi connectivity index (χ3n) is 3.63. The molecule has 2 atom stereocenters. The Morgan fingerprint density at radius 3 is 3.00 bits per heavy atom. The average Bonchev–Trinajstić information content (AvgIpc) is 3.04. The highest BCUT2D eigenvalue weighted by molar-refractivity contribution is 6.32. The van der Waals surface area contributed by atoms with Crippen molar-refractivity contribution >= 4 is 23.3 Å². The molecular formula is C16H23ClN2O4. The molecule has 6 nitrogen and oxygen atoms in total. The minimum absolute atomic E-state index is 0.0606. The lowest BCUT2D eigenvalue weighted by atomic mass is 10.1. The fourth-order valence-electron chi connectivity index (χ4n) is 2.44. The summed E-state index contributed by atoms with van der Waals surface area (Å²) in [4.78, 5) is 12.2. The Balaban J connectivity index is 1.95. The van der Waals surface area contributed by atoms with Gasteiger partial charge in [0.1, 0.15) is 6.61 Å². The summed E-state index contributed by atoms with van der Waals surface area (Å²) in [6.07, 6.45) is 2.06. The van der Waals surface area contributed by atoms with E-state index in [0.29, 0.717) is 29.7 Å². The molecule has 1 aliphatic heterocycles. The highest BCUT2D eigenvalue weighted by Crippen LogP contribution is 2.32. The summed E-state index contributed by atoms with van der Waals surface area (Å²) < 4.78 is 16.1. The van der Waals surface area contributed by atoms with Crippen molar-refractivity contribution in [3.8, 4) is 5.75 Å². The molecule has 1 fully saturated rings. The number of anilines is 1. The topological polar surface area (TPSA) is 68.8 Å². The number of hydrogen-bond acceptors (Lipinski definition) is 4. The molecule has 0 spiro atoms. The SMILES string of the molecule is COCCOc1c(Cl)cccc1NC(=O)N[C@H](C)[C@H]1CCCO1. The van der Waals surface area contributed by atoms with E-state index in [1.807, 2.05) is 6.92 Å². The summed E-state index contributed by atoms with van der Waals surface area (Å²) in [6.45, 7) is 3.48. The van der Waals surface area contributed by atoms with Gasteiger partial charge in [0.2, 0.25) is 0 Å². The number of hydrogen-bond donors (Lipinski definition) is 2. The number of carbonyl (C=O) groups excluding carboxylic acids is 1. The predicted octanol–water partition coefficient (Wildman–Crippen LogP) is 3.05. The van der Waals surface area contributed by atoms with E-state index in [1.54, 1.807) is 25.3 Å². The van der Waals surface area contributed by atoms with Gasteiger partial charge < -0.3 is 24.8 Å². The predicted molar refractivity (Wildman–Crippen MR) is 89.4 cm³/mol. The molecule has 1 aliphatic rings. The first-order chi connectivity index (χ1) is 11.1. The van der Waals surface area contributed by atoms with Gasteiger partial charge in [-0.15, -0.1) is 0 Å². The summed E-state index contributed by atoms with van der Waals surface area (Å²) in [5.74, 6) is 0.436. The first-order valence-electron chi connectivity index (χ1n) is 7.71. The Morgan fingerprint density at radius 2 is 2.30 bits per heavy atom. The molecule has 1 aromatic rings. The van der Waals surface area contributed by atoms with Crippen LogP contribution in [0.3, 0.4) is 0 Å². The second kappa shape index (κ2) is 8.96. The van der Waals surface area contributed by atoms with E-state index < -0.39 is 0 Å². The number of nitrogens with one attached hydrogen (secondary N) is 2. The van der Waals surface area contributed by atoms with Gasteiger partial charge in [0.05, 0.1) is 29.5 Å². The van der Waals surface area contributed by atoms with Crippen LogP contribution in [0.2, 0.25) is 5.02 Å². The number of para-hydroxylation sites is 1. The number of carbonyl (C=O) groups is 1. The molecule has 0 bridgehead atoms. The number of methoxy groups -OCH3 is 1. The molecule has 0 aliphatic carbocycles. The van der Waals surface area contributed by atoms with Crippen LogP contribution in [0.5, 0.6) is 5.75 Å². The smallest absolute Gasteiger partial charge is 0.319 e. The highest BCUT2D eigenvalue weighted by atomic mass is 35.5. The van der Waals surface area contributed by atoms with Crippen molar-refractivity contribution in [2.24, 2.45) is 0 Å². The van der Waals surface area contributed by atoms with Crippen LogP contribution in [0.4, 0.5) is 10.5 Å². The van der Waals surface area contributed by atoms with Crippen LogP contribution in [0.15, 0.2) is 18.2 Å². The Bertz CT molecular complexity index is 521. The van der Waals surface area contributed by atoms with Crippen LogP contribution in [0.25, 0.3) is 0 Å². The first-order valence-corrected chi connectivity index (χ1v) is 8.09. The van der Waals surface area contributed by atoms with Gasteiger partial charge in [0.15, 0.2) is 5.75 Å². The number of halogens is 1. The molecule has 23 heavy (non-hydrogen) atoms. The van der Waals surface area contributed by atoms with Crippen LogP contribution in [0, 0.1) is 0 Å². The summed E-state index contributed by atoms with van der Waals surface area (Å²) in [5, 5.41) is 6.10. The maximum Gasteiger partial charge on any atom is 0.319 e. The van der Waals surface area contributed by atoms with E-state index in [-0.39, 0.29) is 18.2 Å². The molecular weight excluding hydrogens is 320 g/mol. The minimum atomic E-state index is -0.313. The van der Waals surface area contributed by atoms with E-state index in [0.717, 1.165) is 19.4 Å². The fraction of sp³-hybridized carbons (Fsp3) is 0.562. The minimum Gasteiger partial charge on any atom is -0.487 e. The van der Waals surface area contributed by atoms with Crippen molar-refractivity contribution in [3.63, 3.8) is 0 Å². The fourth-order valence-corrected chi connectivity index (χ4v) is 2.67. The molecule has 128 valence electrons. The Morgan fingerprint density at radius 1 is 1.48 bits per heavy atom. The van der Waals surface area contributed by atoms with Crippen LogP contribution >= 0.6 is 11.6 Å². The largest absolute Gasteiger partial charge is 0.487 e. The third-order valence-corrected chi connectivity index (χ3v) is 3.93. The van der Waals surface area contributed by atoms with Gasteiger partial charge in [-0.3, -0.25) is 0 Å². The van der Waals surface area contributed by atoms with Crippen LogP contribution in [-0.4, -0.2) is 45.1 Å². The second-order valence-electron chi connectivity index (χ2n) is 5.40. The first kappa shape index (κ1) is 17.8. The quantitative estimate of drug-likeness (QED) is 0.747. The molecule has 1 saturated heterocycles. The molecule has 1 aromatic carbocycles. The third kappa shape index (κ3) is 5.27. The Hall–Kier alpha value is -1.50. The summed E-state index contributed by atoms with van der Waals surface area (Å²) >= 11 is 6.14. The van der Waals surface area contributed by atoms with Crippen LogP contribution < -0.4 is 15.4 Å². The molecule has 2 rings (SSSR count). The van der Waals surface area contributed by atoms with Crippen molar-refractivity contribution in [3.05, 3.63) is 23.2 Å². The molecule has 0 unspecified atom stereocenters. The van der Waals surface area contributed by atoms with Crippen LogP contribution in [-0.2, 0) is 9.47 Å². The molecule has 2 N–H and O–H groups in total. The van der Waals surface area contributed by atoms with E-state index >= 15 is 0 Å². The van der Waals surface area contributed by atoms with E-state index in [1.165, 1.54) is 0 Å². The highest BCUT2D eigenvalue weighted by Gasteiger charge is 2.24. The zero-order chi connectivity index (χ0) is 16.7. The Labute approximate surface area is 141 Å². The summed E-state index contributed by atoms with van der Waals surface area (Å²) in [7, 11) is 1.59. The standard InChI is InChI=1S/C16H23ClN2O4/c1-11(14-7-4-8-22-14)18-16(20)19-13-6-3-5-12(17)15(13)23-10-9-21-2/h3,5-6,11,14H,4,7-10H2,1-2H3,(H2,18,19,20)/t11-,14-/m1/s1. The lowest BCUT2D eigenvalue weighted by molar-refractivity contribution is 0.0868. The maximum absolute atomic E-state index is 12.2. The molecule has 0 saturated carbocycles. The zero-order valence-corrected chi connectivity index (χ0v) is 14.2. The molecule has 0 radical (unpaired) electrons. The van der Waals surface area contributed by atoms with Gasteiger partial charge >= 0.3 is 6.03 Å².